The third kappa shape index (κ3) is 3.55. The normalized spacial score (nSPS) is 14.0. The van der Waals surface area contributed by atoms with Crippen molar-refractivity contribution in [3.05, 3.63) is 36.2 Å². The van der Waals surface area contributed by atoms with E-state index in [9.17, 15) is 0 Å². The van der Waals surface area contributed by atoms with Gasteiger partial charge in [-0.05, 0) is 24.6 Å². The molecule has 0 amide bonds. The van der Waals surface area contributed by atoms with E-state index in [4.69, 9.17) is 17.2 Å². The van der Waals surface area contributed by atoms with E-state index in [0.717, 1.165) is 5.56 Å². The van der Waals surface area contributed by atoms with Crippen LogP contribution in [-0.4, -0.2) is 21.0 Å². The second-order valence-corrected chi connectivity index (χ2v) is 5.29. The number of anilines is 2. The third-order valence-electron chi connectivity index (χ3n) is 2.49. The number of nitrogens with zero attached hydrogens (tertiary/aromatic N) is 3. The third-order valence-corrected chi connectivity index (χ3v) is 3.84. The van der Waals surface area contributed by atoms with Gasteiger partial charge in [0.25, 0.3) is 0 Å². The van der Waals surface area contributed by atoms with E-state index in [-0.39, 0.29) is 11.3 Å². The van der Waals surface area contributed by atoms with E-state index in [0.29, 0.717) is 16.8 Å². The summed E-state index contributed by atoms with van der Waals surface area (Å²) in [6, 6.07) is 5.31. The molecule has 2 aromatic heterocycles. The minimum Gasteiger partial charge on any atom is -0.383 e. The Morgan fingerprint density at radius 1 is 1.11 bits per heavy atom. The molecule has 0 saturated heterocycles. The maximum atomic E-state index is 6.03. The van der Waals surface area contributed by atoms with Crippen LogP contribution in [-0.2, 0) is 0 Å². The molecule has 19 heavy (non-hydrogen) atoms. The first kappa shape index (κ1) is 13.6. The van der Waals surface area contributed by atoms with E-state index < -0.39 is 0 Å². The molecule has 6 N–H and O–H groups in total. The fourth-order valence-electron chi connectivity index (χ4n) is 1.66. The monoisotopic (exact) mass is 276 g/mol. The Hall–Kier alpha value is -1.86. The van der Waals surface area contributed by atoms with Crippen LogP contribution in [0.1, 0.15) is 17.7 Å². The van der Waals surface area contributed by atoms with Crippen molar-refractivity contribution in [3.63, 3.8) is 0 Å². The molecule has 2 atom stereocenters. The Kier molecular flexibility index (Phi) is 4.18. The van der Waals surface area contributed by atoms with Crippen LogP contribution in [0.2, 0.25) is 0 Å². The zero-order chi connectivity index (χ0) is 13.8. The van der Waals surface area contributed by atoms with Gasteiger partial charge in [-0.3, -0.25) is 4.98 Å². The molecule has 0 aliphatic heterocycles. The van der Waals surface area contributed by atoms with Gasteiger partial charge in [-0.1, -0.05) is 11.8 Å². The van der Waals surface area contributed by atoms with Crippen molar-refractivity contribution in [3.8, 4) is 0 Å². The summed E-state index contributed by atoms with van der Waals surface area (Å²) in [5.41, 5.74) is 18.4. The lowest BCUT2D eigenvalue weighted by Gasteiger charge is -2.19. The van der Waals surface area contributed by atoms with Crippen molar-refractivity contribution in [2.24, 2.45) is 5.73 Å². The molecule has 0 saturated carbocycles. The summed E-state index contributed by atoms with van der Waals surface area (Å²) < 4.78 is 0. The number of hydrogen-bond donors (Lipinski definition) is 3. The molecular weight excluding hydrogens is 260 g/mol. The number of nitrogens with two attached hydrogens (primary N) is 3. The molecule has 0 aliphatic carbocycles. The lowest BCUT2D eigenvalue weighted by atomic mass is 10.1. The average Bonchev–Trinajstić information content (AvgIpc) is 2.35. The molecule has 100 valence electrons. The number of pyridine rings is 1. The average molecular weight is 276 g/mol. The summed E-state index contributed by atoms with van der Waals surface area (Å²) in [6.07, 6.45) is 3.47. The second-order valence-electron chi connectivity index (χ2n) is 4.18. The Labute approximate surface area is 115 Å². The molecule has 0 bridgehead atoms. The quantitative estimate of drug-likeness (QED) is 0.567. The predicted molar refractivity (Wildman–Crippen MR) is 77.3 cm³/mol. The lowest BCUT2D eigenvalue weighted by molar-refractivity contribution is 0.717. The van der Waals surface area contributed by atoms with Gasteiger partial charge >= 0.3 is 0 Å². The first-order chi connectivity index (χ1) is 9.06. The van der Waals surface area contributed by atoms with Gasteiger partial charge in [-0.15, -0.1) is 0 Å². The summed E-state index contributed by atoms with van der Waals surface area (Å²) in [7, 11) is 0. The molecule has 2 unspecified atom stereocenters. The predicted octanol–water partition coefficient (Wildman–Crippen LogP) is 1.22. The van der Waals surface area contributed by atoms with E-state index >= 15 is 0 Å². The van der Waals surface area contributed by atoms with Crippen molar-refractivity contribution >= 4 is 23.4 Å². The van der Waals surface area contributed by atoms with Gasteiger partial charge in [0.2, 0.25) is 0 Å². The van der Waals surface area contributed by atoms with Crippen molar-refractivity contribution in [2.75, 3.05) is 11.5 Å². The Morgan fingerprint density at radius 3 is 2.21 bits per heavy atom. The molecule has 0 aliphatic rings. The van der Waals surface area contributed by atoms with Crippen LogP contribution in [0.3, 0.4) is 0 Å². The first-order valence-electron chi connectivity index (χ1n) is 5.78. The SMILES string of the molecule is CC(N)C(Sc1nc(N)cc(N)n1)c1ccncc1. The summed E-state index contributed by atoms with van der Waals surface area (Å²) >= 11 is 1.44. The fraction of sp³-hybridized carbons (Fsp3) is 0.250. The molecule has 6 nitrogen and oxygen atoms in total. The summed E-state index contributed by atoms with van der Waals surface area (Å²) in [5, 5.41) is 0.542. The zero-order valence-corrected chi connectivity index (χ0v) is 11.3. The number of hydrogen-bond acceptors (Lipinski definition) is 7. The highest BCUT2D eigenvalue weighted by molar-refractivity contribution is 7.99. The van der Waals surface area contributed by atoms with Crippen LogP contribution < -0.4 is 17.2 Å². The van der Waals surface area contributed by atoms with Crippen molar-refractivity contribution in [1.29, 1.82) is 0 Å². The molecule has 2 aromatic rings. The highest BCUT2D eigenvalue weighted by Gasteiger charge is 2.19. The maximum absolute atomic E-state index is 6.03. The summed E-state index contributed by atoms with van der Waals surface area (Å²) in [5.74, 6) is 0.710. The number of thioether (sulfide) groups is 1. The van der Waals surface area contributed by atoms with Crippen LogP contribution in [0.5, 0.6) is 0 Å². The van der Waals surface area contributed by atoms with E-state index in [1.807, 2.05) is 19.1 Å². The summed E-state index contributed by atoms with van der Waals surface area (Å²) in [6.45, 7) is 1.94. The van der Waals surface area contributed by atoms with Gasteiger partial charge in [-0.2, -0.15) is 0 Å². The number of rotatable bonds is 4. The molecule has 0 fully saturated rings. The molecule has 2 rings (SSSR count). The van der Waals surface area contributed by atoms with Crippen molar-refractivity contribution in [2.45, 2.75) is 23.4 Å². The molecule has 7 heteroatoms. The summed E-state index contributed by atoms with van der Waals surface area (Å²) in [4.78, 5) is 12.3. The number of nitrogen functional groups attached to an aromatic ring is 2. The standard InChI is InChI=1S/C12H16N6S/c1-7(13)11(8-2-4-16-5-3-8)19-12-17-9(14)6-10(15)18-12/h2-7,11H,13H2,1H3,(H4,14,15,17,18). The Bertz CT molecular complexity index is 525. The van der Waals surface area contributed by atoms with Gasteiger partial charge in [0.05, 0.1) is 5.25 Å². The Balaban J connectivity index is 2.27. The highest BCUT2D eigenvalue weighted by atomic mass is 32.2. The minimum atomic E-state index is -0.0707. The second kappa shape index (κ2) is 5.85. The van der Waals surface area contributed by atoms with Crippen LogP contribution >= 0.6 is 11.8 Å². The van der Waals surface area contributed by atoms with E-state index in [2.05, 4.69) is 15.0 Å². The fourth-order valence-corrected chi connectivity index (χ4v) is 2.71. The molecule has 0 spiro atoms. The largest absolute Gasteiger partial charge is 0.383 e. The van der Waals surface area contributed by atoms with Crippen molar-refractivity contribution in [1.82, 2.24) is 15.0 Å². The molecule has 0 aromatic carbocycles. The maximum Gasteiger partial charge on any atom is 0.192 e. The van der Waals surface area contributed by atoms with Gasteiger partial charge in [0.1, 0.15) is 11.6 Å². The van der Waals surface area contributed by atoms with Crippen LogP contribution in [0, 0.1) is 0 Å². The zero-order valence-electron chi connectivity index (χ0n) is 10.5. The molecule has 0 radical (unpaired) electrons. The Morgan fingerprint density at radius 2 is 1.68 bits per heavy atom. The molecular formula is C12H16N6S. The smallest absolute Gasteiger partial charge is 0.192 e. The van der Waals surface area contributed by atoms with Gasteiger partial charge in [0, 0.05) is 24.5 Å². The number of aromatic nitrogens is 3. The van der Waals surface area contributed by atoms with E-state index in [1.54, 1.807) is 12.4 Å². The van der Waals surface area contributed by atoms with E-state index in [1.165, 1.54) is 17.8 Å². The first-order valence-corrected chi connectivity index (χ1v) is 6.66. The lowest BCUT2D eigenvalue weighted by Crippen LogP contribution is -2.23. The van der Waals surface area contributed by atoms with Gasteiger partial charge in [-0.25, -0.2) is 9.97 Å². The van der Waals surface area contributed by atoms with Crippen molar-refractivity contribution < 1.29 is 0 Å². The van der Waals surface area contributed by atoms with Crippen LogP contribution in [0.25, 0.3) is 0 Å². The topological polar surface area (TPSA) is 117 Å². The van der Waals surface area contributed by atoms with Gasteiger partial charge < -0.3 is 17.2 Å². The van der Waals surface area contributed by atoms with Gasteiger partial charge in [0.15, 0.2) is 5.16 Å². The molecule has 2 heterocycles. The minimum absolute atomic E-state index is 0.0178. The van der Waals surface area contributed by atoms with Crippen LogP contribution in [0.4, 0.5) is 11.6 Å². The highest BCUT2D eigenvalue weighted by Crippen LogP contribution is 2.35. The van der Waals surface area contributed by atoms with Crippen LogP contribution in [0.15, 0.2) is 35.7 Å².